The van der Waals surface area contributed by atoms with Crippen LogP contribution in [0.15, 0.2) is 24.3 Å². The van der Waals surface area contributed by atoms with Crippen LogP contribution in [0.3, 0.4) is 0 Å². The maximum atomic E-state index is 12.0. The second-order valence-electron chi connectivity index (χ2n) is 5.27. The number of hydrogen-bond donors (Lipinski definition) is 1. The fourth-order valence-corrected chi connectivity index (χ4v) is 2.67. The quantitative estimate of drug-likeness (QED) is 0.918. The first-order valence-electron chi connectivity index (χ1n) is 6.17. The van der Waals surface area contributed by atoms with E-state index in [1.54, 1.807) is 0 Å². The van der Waals surface area contributed by atoms with E-state index in [4.69, 9.17) is 4.74 Å². The lowest BCUT2D eigenvalue weighted by molar-refractivity contribution is -0.274. The third kappa shape index (κ3) is 2.78. The lowest BCUT2D eigenvalue weighted by Gasteiger charge is -2.53. The smallest absolute Gasteiger partial charge is 0.490 e. The van der Waals surface area contributed by atoms with Crippen LogP contribution in [0.25, 0.3) is 0 Å². The van der Waals surface area contributed by atoms with Gasteiger partial charge < -0.3 is 14.8 Å². The predicted molar refractivity (Wildman–Crippen MR) is 62.1 cm³/mol. The summed E-state index contributed by atoms with van der Waals surface area (Å²) in [6, 6.07) is 5.54. The Morgan fingerprint density at radius 1 is 1.05 bits per heavy atom. The van der Waals surface area contributed by atoms with E-state index >= 15 is 0 Å². The highest BCUT2D eigenvalue weighted by Gasteiger charge is 2.49. The Balaban J connectivity index is 1.52. The molecular formula is C13H14F3NO2. The Bertz CT molecular complexity index is 446. The van der Waals surface area contributed by atoms with Crippen molar-refractivity contribution in [1.29, 1.82) is 0 Å². The molecule has 1 spiro atoms. The number of benzene rings is 1. The molecule has 1 aromatic rings. The largest absolute Gasteiger partial charge is 0.573 e. The van der Waals surface area contributed by atoms with Gasteiger partial charge in [0.1, 0.15) is 11.5 Å². The zero-order valence-corrected chi connectivity index (χ0v) is 10.2. The maximum absolute atomic E-state index is 12.0. The summed E-state index contributed by atoms with van der Waals surface area (Å²) in [5.74, 6) is 0.356. The number of ether oxygens (including phenoxy) is 2. The Labute approximate surface area is 108 Å². The molecule has 104 valence electrons. The zero-order valence-electron chi connectivity index (χ0n) is 10.2. The molecule has 1 aliphatic heterocycles. The molecule has 1 N–H and O–H groups in total. The zero-order chi connectivity index (χ0) is 13.5. The number of halogens is 3. The topological polar surface area (TPSA) is 30.5 Å². The standard InChI is InChI=1S/C13H14F3NO2/c14-13(15,16)19-10-3-1-9(2-4-10)18-11-5-12(6-11)7-17-8-12/h1-4,11,17H,5-8H2. The average molecular weight is 273 g/mol. The minimum absolute atomic E-state index is 0.177. The molecule has 1 saturated heterocycles. The molecule has 1 aliphatic carbocycles. The molecule has 0 unspecified atom stereocenters. The summed E-state index contributed by atoms with van der Waals surface area (Å²) in [4.78, 5) is 0. The highest BCUT2D eigenvalue weighted by molar-refractivity contribution is 5.31. The van der Waals surface area contributed by atoms with Gasteiger partial charge in [0.2, 0.25) is 0 Å². The van der Waals surface area contributed by atoms with Crippen molar-refractivity contribution >= 4 is 0 Å². The van der Waals surface area contributed by atoms with E-state index in [1.165, 1.54) is 24.3 Å². The van der Waals surface area contributed by atoms with Crippen molar-refractivity contribution in [3.8, 4) is 11.5 Å². The Morgan fingerprint density at radius 3 is 2.11 bits per heavy atom. The molecule has 3 nitrogen and oxygen atoms in total. The van der Waals surface area contributed by atoms with Crippen LogP contribution in [0.2, 0.25) is 0 Å². The van der Waals surface area contributed by atoms with Crippen molar-refractivity contribution < 1.29 is 22.6 Å². The van der Waals surface area contributed by atoms with E-state index in [0.717, 1.165) is 25.9 Å². The second kappa shape index (κ2) is 4.30. The molecule has 3 rings (SSSR count). The summed E-state index contributed by atoms with van der Waals surface area (Å²) in [5, 5.41) is 3.24. The molecule has 2 fully saturated rings. The first-order chi connectivity index (χ1) is 8.94. The summed E-state index contributed by atoms with van der Waals surface area (Å²) in [5.41, 5.74) is 0.421. The fourth-order valence-electron chi connectivity index (χ4n) is 2.67. The van der Waals surface area contributed by atoms with Crippen LogP contribution < -0.4 is 14.8 Å². The molecule has 0 atom stereocenters. The highest BCUT2D eigenvalue weighted by Crippen LogP contribution is 2.45. The molecular weight excluding hydrogens is 259 g/mol. The SMILES string of the molecule is FC(F)(F)Oc1ccc(OC2CC3(CNC3)C2)cc1. The molecule has 1 aromatic carbocycles. The minimum atomic E-state index is -4.65. The van der Waals surface area contributed by atoms with E-state index < -0.39 is 6.36 Å². The van der Waals surface area contributed by atoms with E-state index in [2.05, 4.69) is 10.1 Å². The second-order valence-corrected chi connectivity index (χ2v) is 5.27. The first kappa shape index (κ1) is 12.6. The van der Waals surface area contributed by atoms with Gasteiger partial charge in [0.15, 0.2) is 0 Å². The summed E-state index contributed by atoms with van der Waals surface area (Å²) in [6.45, 7) is 2.09. The van der Waals surface area contributed by atoms with Gasteiger partial charge in [-0.15, -0.1) is 13.2 Å². The lowest BCUT2D eigenvalue weighted by Crippen LogP contribution is -2.62. The molecule has 19 heavy (non-hydrogen) atoms. The van der Waals surface area contributed by atoms with Gasteiger partial charge >= 0.3 is 6.36 Å². The number of nitrogens with one attached hydrogen (secondary N) is 1. The fraction of sp³-hybridized carbons (Fsp3) is 0.538. The molecule has 6 heteroatoms. The van der Waals surface area contributed by atoms with Crippen molar-refractivity contribution in [3.63, 3.8) is 0 Å². The molecule has 0 aromatic heterocycles. The molecule has 1 heterocycles. The van der Waals surface area contributed by atoms with Gasteiger partial charge in [-0.05, 0) is 37.1 Å². The summed E-state index contributed by atoms with van der Waals surface area (Å²) >= 11 is 0. The third-order valence-electron chi connectivity index (χ3n) is 3.68. The summed E-state index contributed by atoms with van der Waals surface area (Å²) in [6.07, 6.45) is -2.45. The molecule has 0 radical (unpaired) electrons. The van der Waals surface area contributed by atoms with E-state index in [1.807, 2.05) is 0 Å². The number of alkyl halides is 3. The van der Waals surface area contributed by atoms with E-state index in [0.29, 0.717) is 11.2 Å². The maximum Gasteiger partial charge on any atom is 0.573 e. The van der Waals surface area contributed by atoms with Crippen LogP contribution >= 0.6 is 0 Å². The van der Waals surface area contributed by atoms with Crippen LogP contribution in [0.1, 0.15) is 12.8 Å². The van der Waals surface area contributed by atoms with Crippen molar-refractivity contribution in [2.75, 3.05) is 13.1 Å². The van der Waals surface area contributed by atoms with Gasteiger partial charge in [0.05, 0.1) is 6.10 Å². The summed E-state index contributed by atoms with van der Waals surface area (Å²) in [7, 11) is 0. The molecule has 0 amide bonds. The van der Waals surface area contributed by atoms with Crippen molar-refractivity contribution in [3.05, 3.63) is 24.3 Å². The van der Waals surface area contributed by atoms with Gasteiger partial charge in [0, 0.05) is 18.5 Å². The average Bonchev–Trinajstić information content (AvgIpc) is 2.20. The monoisotopic (exact) mass is 273 g/mol. The van der Waals surface area contributed by atoms with Crippen LogP contribution in [-0.2, 0) is 0 Å². The Hall–Kier alpha value is -1.43. The van der Waals surface area contributed by atoms with Crippen LogP contribution in [-0.4, -0.2) is 25.6 Å². The molecule has 2 aliphatic rings. The van der Waals surface area contributed by atoms with Crippen molar-refractivity contribution in [1.82, 2.24) is 5.32 Å². The van der Waals surface area contributed by atoms with Gasteiger partial charge in [-0.1, -0.05) is 0 Å². The Kier molecular flexibility index (Phi) is 2.85. The van der Waals surface area contributed by atoms with Gasteiger partial charge in [-0.25, -0.2) is 0 Å². The Morgan fingerprint density at radius 2 is 1.63 bits per heavy atom. The first-order valence-corrected chi connectivity index (χ1v) is 6.17. The van der Waals surface area contributed by atoms with Gasteiger partial charge in [-0.2, -0.15) is 0 Å². The van der Waals surface area contributed by atoms with Crippen molar-refractivity contribution in [2.24, 2.45) is 5.41 Å². The summed E-state index contributed by atoms with van der Waals surface area (Å²) < 4.78 is 45.5. The number of rotatable bonds is 3. The van der Waals surface area contributed by atoms with Crippen LogP contribution in [0, 0.1) is 5.41 Å². The van der Waals surface area contributed by atoms with Gasteiger partial charge in [0.25, 0.3) is 0 Å². The number of hydrogen-bond acceptors (Lipinski definition) is 3. The molecule has 1 saturated carbocycles. The highest BCUT2D eigenvalue weighted by atomic mass is 19.4. The normalized spacial score (nSPS) is 21.6. The van der Waals surface area contributed by atoms with E-state index in [9.17, 15) is 13.2 Å². The third-order valence-corrected chi connectivity index (χ3v) is 3.68. The molecule has 0 bridgehead atoms. The van der Waals surface area contributed by atoms with E-state index in [-0.39, 0.29) is 11.9 Å². The van der Waals surface area contributed by atoms with Crippen LogP contribution in [0.4, 0.5) is 13.2 Å². The van der Waals surface area contributed by atoms with Crippen LogP contribution in [0.5, 0.6) is 11.5 Å². The van der Waals surface area contributed by atoms with Crippen molar-refractivity contribution in [2.45, 2.75) is 25.3 Å². The predicted octanol–water partition coefficient (Wildman–Crippen LogP) is 2.72. The minimum Gasteiger partial charge on any atom is -0.490 e. The van der Waals surface area contributed by atoms with Gasteiger partial charge in [-0.3, -0.25) is 0 Å². The lowest BCUT2D eigenvalue weighted by atomic mass is 9.63.